The molecule has 0 radical (unpaired) electrons. The maximum atomic E-state index is 13.8. The fourth-order valence-corrected chi connectivity index (χ4v) is 3.98. The average molecular weight is 517 g/mol. The van der Waals surface area contributed by atoms with Crippen LogP contribution in [0.4, 0.5) is 23.4 Å². The topological polar surface area (TPSA) is 116 Å². The van der Waals surface area contributed by atoms with Crippen LogP contribution in [-0.2, 0) is 19.1 Å². The number of amides is 1. The van der Waals surface area contributed by atoms with Crippen molar-refractivity contribution in [2.24, 2.45) is 0 Å². The van der Waals surface area contributed by atoms with Crippen molar-refractivity contribution in [1.29, 1.82) is 0 Å². The number of H-pyrrole nitrogens is 1. The van der Waals surface area contributed by atoms with E-state index in [-0.39, 0.29) is 41.9 Å². The van der Waals surface area contributed by atoms with Crippen LogP contribution in [0.2, 0.25) is 5.28 Å². The van der Waals surface area contributed by atoms with E-state index in [0.29, 0.717) is 31.3 Å². The van der Waals surface area contributed by atoms with Gasteiger partial charge in [0.25, 0.3) is 5.91 Å². The highest BCUT2D eigenvalue weighted by Gasteiger charge is 2.38. The van der Waals surface area contributed by atoms with Gasteiger partial charge in [-0.25, -0.2) is 4.39 Å². The Hall–Kier alpha value is -3.26. The van der Waals surface area contributed by atoms with Crippen molar-refractivity contribution in [3.8, 4) is 0 Å². The van der Waals surface area contributed by atoms with Gasteiger partial charge >= 0.3 is 6.18 Å². The quantitative estimate of drug-likeness (QED) is 0.442. The predicted molar refractivity (Wildman–Crippen MR) is 115 cm³/mol. The number of hydrogen-bond acceptors (Lipinski definition) is 7. The molecule has 1 aliphatic rings. The Morgan fingerprint density at radius 1 is 1.20 bits per heavy atom. The monoisotopic (exact) mass is 516 g/mol. The number of imidazole rings is 1. The molecule has 2 aromatic heterocycles. The van der Waals surface area contributed by atoms with Crippen molar-refractivity contribution < 1.29 is 27.5 Å². The summed E-state index contributed by atoms with van der Waals surface area (Å²) in [6.07, 6.45) is -4.93. The first-order chi connectivity index (χ1) is 16.6. The van der Waals surface area contributed by atoms with Crippen molar-refractivity contribution in [3.05, 3.63) is 51.9 Å². The van der Waals surface area contributed by atoms with E-state index in [1.54, 1.807) is 4.90 Å². The number of aliphatic hydroxyl groups excluding tert-OH is 1. The number of tetrazole rings is 1. The minimum atomic E-state index is -4.77. The second-order valence-corrected chi connectivity index (χ2v) is 8.27. The van der Waals surface area contributed by atoms with Crippen molar-refractivity contribution >= 4 is 23.3 Å². The summed E-state index contributed by atoms with van der Waals surface area (Å²) in [5.41, 5.74) is -0.879. The van der Waals surface area contributed by atoms with Crippen LogP contribution in [0.3, 0.4) is 0 Å². The normalized spacial score (nSPS) is 16.2. The van der Waals surface area contributed by atoms with Gasteiger partial charge in [-0.3, -0.25) is 9.69 Å². The van der Waals surface area contributed by atoms with E-state index >= 15 is 0 Å². The number of carbonyl (C=O) groups is 1. The van der Waals surface area contributed by atoms with Gasteiger partial charge in [-0.05, 0) is 47.4 Å². The number of nitrogens with one attached hydrogen (secondary N) is 1. The third-order valence-electron chi connectivity index (χ3n) is 5.38. The Morgan fingerprint density at radius 3 is 2.66 bits per heavy atom. The fourth-order valence-electron chi connectivity index (χ4n) is 3.80. The van der Waals surface area contributed by atoms with Gasteiger partial charge in [0.15, 0.2) is 11.6 Å². The lowest BCUT2D eigenvalue weighted by atomic mass is 10.1. The van der Waals surface area contributed by atoms with E-state index in [9.17, 15) is 27.5 Å². The summed E-state index contributed by atoms with van der Waals surface area (Å²) in [6, 6.07) is 2.63. The summed E-state index contributed by atoms with van der Waals surface area (Å²) in [4.78, 5) is 23.7. The highest BCUT2D eigenvalue weighted by atomic mass is 35.5. The SMILES string of the molecule is CCCN1c2nc(Cl)[nH]c2C(=O)N(CCCn2nnc(Cc3ccc(C(F)(F)F)c(F)c3)n2)C1O. The molecule has 1 amide bonds. The summed E-state index contributed by atoms with van der Waals surface area (Å²) in [7, 11) is 0. The molecule has 0 spiro atoms. The van der Waals surface area contributed by atoms with E-state index in [4.69, 9.17) is 11.6 Å². The Balaban J connectivity index is 1.37. The zero-order valence-corrected chi connectivity index (χ0v) is 19.2. The van der Waals surface area contributed by atoms with Crippen LogP contribution in [0.15, 0.2) is 18.2 Å². The molecule has 0 bridgehead atoms. The van der Waals surface area contributed by atoms with Gasteiger partial charge in [0, 0.05) is 19.5 Å². The molecular formula is C20H21ClF4N8O2. The smallest absolute Gasteiger partial charge is 0.356 e. The van der Waals surface area contributed by atoms with Crippen LogP contribution < -0.4 is 4.90 Å². The van der Waals surface area contributed by atoms with Crippen LogP contribution in [0.25, 0.3) is 0 Å². The molecule has 1 unspecified atom stereocenters. The van der Waals surface area contributed by atoms with Gasteiger partial charge in [0.1, 0.15) is 11.5 Å². The third-order valence-corrected chi connectivity index (χ3v) is 5.56. The van der Waals surface area contributed by atoms with Crippen LogP contribution in [-0.4, -0.2) is 65.5 Å². The van der Waals surface area contributed by atoms with Gasteiger partial charge in [0.05, 0.1) is 12.1 Å². The summed E-state index contributed by atoms with van der Waals surface area (Å²) in [5.74, 6) is -1.32. The van der Waals surface area contributed by atoms with Crippen molar-refractivity contribution in [1.82, 2.24) is 35.1 Å². The van der Waals surface area contributed by atoms with E-state index < -0.39 is 29.8 Å². The van der Waals surface area contributed by atoms with Gasteiger partial charge in [-0.15, -0.1) is 10.2 Å². The summed E-state index contributed by atoms with van der Waals surface area (Å²) >= 11 is 5.91. The van der Waals surface area contributed by atoms with E-state index in [0.717, 1.165) is 12.1 Å². The molecule has 2 N–H and O–H groups in total. The minimum Gasteiger partial charge on any atom is -0.356 e. The van der Waals surface area contributed by atoms with Crippen LogP contribution >= 0.6 is 11.6 Å². The van der Waals surface area contributed by atoms with Crippen molar-refractivity contribution in [2.75, 3.05) is 18.0 Å². The van der Waals surface area contributed by atoms with Crippen molar-refractivity contribution in [3.63, 3.8) is 0 Å². The van der Waals surface area contributed by atoms with Crippen molar-refractivity contribution in [2.45, 2.75) is 45.3 Å². The first kappa shape index (κ1) is 24.9. The number of anilines is 1. The van der Waals surface area contributed by atoms with E-state index in [1.165, 1.54) is 9.70 Å². The Kier molecular flexibility index (Phi) is 6.94. The maximum Gasteiger partial charge on any atom is 0.419 e. The number of fused-ring (bicyclic) bond motifs is 1. The molecule has 1 aromatic carbocycles. The molecule has 4 rings (SSSR count). The Labute approximate surface area is 201 Å². The highest BCUT2D eigenvalue weighted by molar-refractivity contribution is 6.28. The number of aliphatic hydroxyl groups is 1. The molecule has 35 heavy (non-hydrogen) atoms. The summed E-state index contributed by atoms with van der Waals surface area (Å²) < 4.78 is 51.9. The molecular weight excluding hydrogens is 496 g/mol. The summed E-state index contributed by atoms with van der Waals surface area (Å²) in [6.45, 7) is 2.79. The number of aromatic amines is 1. The second kappa shape index (κ2) is 9.77. The number of nitrogens with zero attached hydrogens (tertiary/aromatic N) is 7. The largest absolute Gasteiger partial charge is 0.419 e. The number of hydrogen-bond donors (Lipinski definition) is 2. The molecule has 0 fully saturated rings. The molecule has 15 heteroatoms. The molecule has 188 valence electrons. The average Bonchev–Trinajstić information content (AvgIpc) is 3.39. The lowest BCUT2D eigenvalue weighted by Gasteiger charge is -2.40. The third kappa shape index (κ3) is 5.22. The minimum absolute atomic E-state index is 0.00623. The predicted octanol–water partition coefficient (Wildman–Crippen LogP) is 2.84. The Bertz CT molecular complexity index is 1210. The van der Waals surface area contributed by atoms with Crippen LogP contribution in [0.1, 0.15) is 47.2 Å². The molecule has 1 aliphatic heterocycles. The number of aromatic nitrogens is 6. The van der Waals surface area contributed by atoms with Crippen LogP contribution in [0.5, 0.6) is 0 Å². The summed E-state index contributed by atoms with van der Waals surface area (Å²) in [5, 5.41) is 22.7. The standard InChI is InChI=1S/C20H21ClF4N8O2/c1-2-6-31-16-15(26-18(21)27-16)17(34)32(19(31)35)7-3-8-33-29-14(28-30-33)10-11-4-5-12(13(22)9-11)20(23,24)25/h4-5,9,19,35H,2-3,6-8,10H2,1H3,(H,26,27). The molecule has 10 nitrogen and oxygen atoms in total. The zero-order chi connectivity index (χ0) is 25.3. The number of carbonyl (C=O) groups excluding carboxylic acids is 1. The fraction of sp³-hybridized carbons (Fsp3) is 0.450. The molecule has 1 atom stereocenters. The zero-order valence-electron chi connectivity index (χ0n) is 18.4. The Morgan fingerprint density at radius 2 is 1.97 bits per heavy atom. The maximum absolute atomic E-state index is 13.8. The molecule has 0 saturated carbocycles. The van der Waals surface area contributed by atoms with Gasteiger partial charge < -0.3 is 15.0 Å². The first-order valence-corrected chi connectivity index (χ1v) is 11.1. The number of alkyl halides is 3. The van der Waals surface area contributed by atoms with E-state index in [1.807, 2.05) is 6.92 Å². The molecule has 3 aromatic rings. The molecule has 0 aliphatic carbocycles. The number of benzene rings is 1. The van der Waals surface area contributed by atoms with Gasteiger partial charge in [0.2, 0.25) is 11.6 Å². The van der Waals surface area contributed by atoms with Crippen LogP contribution in [0, 0.1) is 5.82 Å². The second-order valence-electron chi connectivity index (χ2n) is 7.91. The number of halogens is 5. The number of rotatable bonds is 8. The lowest BCUT2D eigenvalue weighted by Crippen LogP contribution is -2.56. The number of aryl methyl sites for hydroxylation is 1. The molecule has 3 heterocycles. The first-order valence-electron chi connectivity index (χ1n) is 10.7. The lowest BCUT2D eigenvalue weighted by molar-refractivity contribution is -0.140. The van der Waals surface area contributed by atoms with Gasteiger partial charge in [-0.2, -0.15) is 23.0 Å². The van der Waals surface area contributed by atoms with E-state index in [2.05, 4.69) is 25.4 Å². The highest BCUT2D eigenvalue weighted by Crippen LogP contribution is 2.32. The molecule has 0 saturated heterocycles. The van der Waals surface area contributed by atoms with Gasteiger partial charge in [-0.1, -0.05) is 13.0 Å².